The number of carbonyl (C=O) groups excluding carboxylic acids is 1. The van der Waals surface area contributed by atoms with Crippen LogP contribution in [0, 0.1) is 0 Å². The second-order valence-electron chi connectivity index (χ2n) is 5.16. The lowest BCUT2D eigenvalue weighted by Gasteiger charge is -2.24. The molecule has 1 amide bonds. The number of rotatable bonds is 6. The molecule has 1 atom stereocenters. The number of benzene rings is 1. The largest absolute Gasteiger partial charge is 0.478 e. The fourth-order valence-corrected chi connectivity index (χ4v) is 3.13. The van der Waals surface area contributed by atoms with E-state index in [0.29, 0.717) is 18.4 Å². The van der Waals surface area contributed by atoms with Gasteiger partial charge in [-0.05, 0) is 36.4 Å². The van der Waals surface area contributed by atoms with E-state index in [1.807, 2.05) is 24.4 Å². The van der Waals surface area contributed by atoms with Crippen molar-refractivity contribution in [3.8, 4) is 0 Å². The number of carboxylic acids is 1. The van der Waals surface area contributed by atoms with Crippen molar-refractivity contribution < 1.29 is 14.7 Å². The van der Waals surface area contributed by atoms with E-state index in [2.05, 4.69) is 0 Å². The SMILES string of the molecule is CC(c1cccs1)N(C)C(=O)CCc1ccccc1C(=O)O. The molecule has 0 aliphatic carbocycles. The lowest BCUT2D eigenvalue weighted by atomic mass is 10.0. The third-order valence-corrected chi connectivity index (χ3v) is 4.83. The van der Waals surface area contributed by atoms with Crippen molar-refractivity contribution in [3.63, 3.8) is 0 Å². The van der Waals surface area contributed by atoms with Gasteiger partial charge in [-0.1, -0.05) is 24.3 Å². The first-order valence-corrected chi connectivity index (χ1v) is 7.99. The van der Waals surface area contributed by atoms with Gasteiger partial charge in [0.1, 0.15) is 0 Å². The quantitative estimate of drug-likeness (QED) is 0.885. The molecule has 116 valence electrons. The predicted molar refractivity (Wildman–Crippen MR) is 87.2 cm³/mol. The average molecular weight is 317 g/mol. The van der Waals surface area contributed by atoms with Crippen LogP contribution in [0.3, 0.4) is 0 Å². The normalized spacial score (nSPS) is 11.9. The summed E-state index contributed by atoms with van der Waals surface area (Å²) < 4.78 is 0. The summed E-state index contributed by atoms with van der Waals surface area (Å²) >= 11 is 1.63. The number of thiophene rings is 1. The van der Waals surface area contributed by atoms with E-state index in [4.69, 9.17) is 5.11 Å². The van der Waals surface area contributed by atoms with E-state index in [-0.39, 0.29) is 17.5 Å². The van der Waals surface area contributed by atoms with Crippen LogP contribution in [-0.4, -0.2) is 28.9 Å². The van der Waals surface area contributed by atoms with Crippen LogP contribution in [0.5, 0.6) is 0 Å². The third-order valence-electron chi connectivity index (χ3n) is 3.79. The molecule has 0 saturated carbocycles. The molecule has 22 heavy (non-hydrogen) atoms. The van der Waals surface area contributed by atoms with Gasteiger partial charge in [0.15, 0.2) is 0 Å². The maximum atomic E-state index is 12.3. The molecule has 0 spiro atoms. The molecule has 0 fully saturated rings. The van der Waals surface area contributed by atoms with Gasteiger partial charge in [-0.3, -0.25) is 4.79 Å². The monoisotopic (exact) mass is 317 g/mol. The maximum Gasteiger partial charge on any atom is 0.335 e. The highest BCUT2D eigenvalue weighted by molar-refractivity contribution is 7.10. The lowest BCUT2D eigenvalue weighted by Crippen LogP contribution is -2.29. The Kier molecular flexibility index (Phi) is 5.33. The molecular weight excluding hydrogens is 298 g/mol. The molecule has 0 aliphatic rings. The fraction of sp³-hybridized carbons (Fsp3) is 0.294. The zero-order valence-corrected chi connectivity index (χ0v) is 13.5. The summed E-state index contributed by atoms with van der Waals surface area (Å²) in [5, 5.41) is 11.2. The Labute approximate surface area is 134 Å². The van der Waals surface area contributed by atoms with Crippen LogP contribution in [-0.2, 0) is 11.2 Å². The van der Waals surface area contributed by atoms with Crippen LogP contribution in [0.15, 0.2) is 41.8 Å². The molecule has 0 bridgehead atoms. The van der Waals surface area contributed by atoms with Gasteiger partial charge in [0, 0.05) is 18.3 Å². The van der Waals surface area contributed by atoms with Crippen LogP contribution >= 0.6 is 11.3 Å². The molecule has 0 radical (unpaired) electrons. The minimum absolute atomic E-state index is 0.0149. The van der Waals surface area contributed by atoms with Crippen molar-refractivity contribution in [2.24, 2.45) is 0 Å². The van der Waals surface area contributed by atoms with Crippen LogP contribution < -0.4 is 0 Å². The molecule has 1 aromatic carbocycles. The molecule has 1 unspecified atom stereocenters. The smallest absolute Gasteiger partial charge is 0.335 e. The number of carbonyl (C=O) groups is 2. The minimum Gasteiger partial charge on any atom is -0.478 e. The minimum atomic E-state index is -0.955. The molecule has 2 aromatic rings. The summed E-state index contributed by atoms with van der Waals surface area (Å²) in [5.74, 6) is -0.940. The Morgan fingerprint density at radius 1 is 1.23 bits per heavy atom. The highest BCUT2D eigenvalue weighted by atomic mass is 32.1. The van der Waals surface area contributed by atoms with Crippen molar-refractivity contribution in [3.05, 3.63) is 57.8 Å². The first-order chi connectivity index (χ1) is 10.5. The highest BCUT2D eigenvalue weighted by Crippen LogP contribution is 2.24. The molecular formula is C17H19NO3S. The van der Waals surface area contributed by atoms with E-state index in [1.54, 1.807) is 47.5 Å². The van der Waals surface area contributed by atoms with E-state index >= 15 is 0 Å². The van der Waals surface area contributed by atoms with Gasteiger partial charge in [0.05, 0.1) is 11.6 Å². The molecule has 1 aromatic heterocycles. The second kappa shape index (κ2) is 7.22. The molecule has 0 aliphatic heterocycles. The van der Waals surface area contributed by atoms with Gasteiger partial charge in [0.25, 0.3) is 0 Å². The Hall–Kier alpha value is -2.14. The molecule has 4 nitrogen and oxygen atoms in total. The van der Waals surface area contributed by atoms with E-state index in [9.17, 15) is 9.59 Å². The number of aryl methyl sites for hydroxylation is 1. The van der Waals surface area contributed by atoms with Gasteiger partial charge in [-0.25, -0.2) is 4.79 Å². The number of hydrogen-bond acceptors (Lipinski definition) is 3. The summed E-state index contributed by atoms with van der Waals surface area (Å²) in [4.78, 5) is 26.3. The van der Waals surface area contributed by atoms with Crippen LogP contribution in [0.1, 0.15) is 40.2 Å². The lowest BCUT2D eigenvalue weighted by molar-refractivity contribution is -0.131. The Morgan fingerprint density at radius 2 is 1.95 bits per heavy atom. The summed E-state index contributed by atoms with van der Waals surface area (Å²) in [6.45, 7) is 1.99. The summed E-state index contributed by atoms with van der Waals surface area (Å²) in [5.41, 5.74) is 0.963. The second-order valence-corrected chi connectivity index (χ2v) is 6.14. The van der Waals surface area contributed by atoms with Crippen LogP contribution in [0.4, 0.5) is 0 Å². The van der Waals surface area contributed by atoms with Crippen molar-refractivity contribution in [1.29, 1.82) is 0 Å². The first-order valence-electron chi connectivity index (χ1n) is 7.11. The van der Waals surface area contributed by atoms with Gasteiger partial charge < -0.3 is 10.0 Å². The van der Waals surface area contributed by atoms with E-state index in [0.717, 1.165) is 4.88 Å². The molecule has 1 N–H and O–H groups in total. The number of carboxylic acid groups (broad SMARTS) is 1. The van der Waals surface area contributed by atoms with Crippen molar-refractivity contribution in [2.75, 3.05) is 7.05 Å². The molecule has 0 saturated heterocycles. The molecule has 1 heterocycles. The Bertz CT molecular complexity index is 652. The first kappa shape index (κ1) is 16.2. The number of aromatic carboxylic acids is 1. The standard InChI is InChI=1S/C17H19NO3S/c1-12(15-8-5-11-22-15)18(2)16(19)10-9-13-6-3-4-7-14(13)17(20)21/h3-8,11-12H,9-10H2,1-2H3,(H,20,21). The third kappa shape index (κ3) is 3.74. The predicted octanol–water partition coefficient (Wildman–Crippen LogP) is 3.60. The zero-order valence-electron chi connectivity index (χ0n) is 12.7. The Balaban J connectivity index is 2.00. The number of amides is 1. The summed E-state index contributed by atoms with van der Waals surface area (Å²) in [6, 6.07) is 10.8. The van der Waals surface area contributed by atoms with E-state index < -0.39 is 5.97 Å². The fourth-order valence-electron chi connectivity index (χ4n) is 2.30. The van der Waals surface area contributed by atoms with Gasteiger partial charge >= 0.3 is 5.97 Å². The average Bonchev–Trinajstić information content (AvgIpc) is 3.05. The Morgan fingerprint density at radius 3 is 2.59 bits per heavy atom. The topological polar surface area (TPSA) is 57.6 Å². The van der Waals surface area contributed by atoms with Crippen LogP contribution in [0.2, 0.25) is 0 Å². The molecule has 5 heteroatoms. The van der Waals surface area contributed by atoms with Gasteiger partial charge in [-0.2, -0.15) is 0 Å². The highest BCUT2D eigenvalue weighted by Gasteiger charge is 2.18. The summed E-state index contributed by atoms with van der Waals surface area (Å²) in [7, 11) is 1.79. The van der Waals surface area contributed by atoms with Crippen molar-refractivity contribution >= 4 is 23.2 Å². The van der Waals surface area contributed by atoms with Crippen molar-refractivity contribution in [1.82, 2.24) is 4.90 Å². The summed E-state index contributed by atoms with van der Waals surface area (Å²) in [6.07, 6.45) is 0.735. The van der Waals surface area contributed by atoms with E-state index in [1.165, 1.54) is 0 Å². The molecule has 2 rings (SSSR count). The van der Waals surface area contributed by atoms with Crippen molar-refractivity contribution in [2.45, 2.75) is 25.8 Å². The number of hydrogen-bond donors (Lipinski definition) is 1. The van der Waals surface area contributed by atoms with Crippen LogP contribution in [0.25, 0.3) is 0 Å². The maximum absolute atomic E-state index is 12.3. The number of nitrogens with zero attached hydrogens (tertiary/aromatic N) is 1. The van der Waals surface area contributed by atoms with Gasteiger partial charge in [-0.15, -0.1) is 11.3 Å². The van der Waals surface area contributed by atoms with Gasteiger partial charge in [0.2, 0.25) is 5.91 Å². The zero-order chi connectivity index (χ0) is 16.1.